The molecule has 0 saturated carbocycles. The third kappa shape index (κ3) is 4.64. The third-order valence-electron chi connectivity index (χ3n) is 4.71. The maximum Gasteiger partial charge on any atom is 0.255 e. The first-order valence-corrected chi connectivity index (χ1v) is 10.9. The summed E-state index contributed by atoms with van der Waals surface area (Å²) in [7, 11) is 1.80. The molecular formula is C23H21ClN4O2S. The summed E-state index contributed by atoms with van der Waals surface area (Å²) in [5.41, 5.74) is 9.29. The van der Waals surface area contributed by atoms with Gasteiger partial charge in [0.05, 0.1) is 16.9 Å². The van der Waals surface area contributed by atoms with Gasteiger partial charge in [0.25, 0.3) is 5.91 Å². The highest BCUT2D eigenvalue weighted by molar-refractivity contribution is 7.13. The molecule has 0 aliphatic rings. The zero-order chi connectivity index (χ0) is 21.8. The number of aryl methyl sites for hydroxylation is 1. The Balaban J connectivity index is 1.59. The topological polar surface area (TPSA) is 82.2 Å². The minimum Gasteiger partial charge on any atom is -0.492 e. The molecule has 0 radical (unpaired) electrons. The lowest BCUT2D eigenvalue weighted by molar-refractivity contribution is 0.102. The number of thiophene rings is 1. The number of halogens is 1. The number of nitrogens with one attached hydrogen (secondary N) is 1. The molecule has 0 aliphatic heterocycles. The van der Waals surface area contributed by atoms with Crippen LogP contribution < -0.4 is 15.8 Å². The molecule has 2 aromatic carbocycles. The Hall–Kier alpha value is -3.13. The molecular weight excluding hydrogens is 432 g/mol. The monoisotopic (exact) mass is 452 g/mol. The number of hydrogen-bond donors (Lipinski definition) is 2. The molecule has 2 heterocycles. The van der Waals surface area contributed by atoms with Crippen LogP contribution in [0.25, 0.3) is 21.7 Å². The maximum absolute atomic E-state index is 12.8. The van der Waals surface area contributed by atoms with Gasteiger partial charge in [0, 0.05) is 35.3 Å². The van der Waals surface area contributed by atoms with Gasteiger partial charge in [-0.25, -0.2) is 0 Å². The summed E-state index contributed by atoms with van der Waals surface area (Å²) in [6, 6.07) is 17.0. The Morgan fingerprint density at radius 3 is 2.68 bits per heavy atom. The SMILES string of the molecule is Cn1ncc(Cl)c1-c1cc(NC(=O)c2ccc(-c3cccs3)cc2)ccc1OCCN. The summed E-state index contributed by atoms with van der Waals surface area (Å²) in [6.45, 7) is 0.753. The number of anilines is 1. The molecule has 8 heteroatoms. The standard InChI is InChI=1S/C23H21ClN4O2S/c1-28-22(19(24)14-26-28)18-13-17(8-9-20(18)30-11-10-25)27-23(29)16-6-4-15(5-7-16)21-3-2-12-31-21/h2-9,12-14H,10-11,25H2,1H3,(H,27,29). The van der Waals surface area contributed by atoms with Crippen LogP contribution in [0.4, 0.5) is 5.69 Å². The Morgan fingerprint density at radius 2 is 2.03 bits per heavy atom. The van der Waals surface area contributed by atoms with Crippen LogP contribution in [0.1, 0.15) is 10.4 Å². The highest BCUT2D eigenvalue weighted by Gasteiger charge is 2.16. The molecule has 6 nitrogen and oxygen atoms in total. The average Bonchev–Trinajstić information content (AvgIpc) is 3.43. The number of nitrogens with zero attached hydrogens (tertiary/aromatic N) is 2. The van der Waals surface area contributed by atoms with Crippen LogP contribution in [0, 0.1) is 0 Å². The fourth-order valence-electron chi connectivity index (χ4n) is 3.23. The van der Waals surface area contributed by atoms with Gasteiger partial charge in [-0.05, 0) is 47.3 Å². The number of amides is 1. The van der Waals surface area contributed by atoms with Crippen molar-refractivity contribution in [1.29, 1.82) is 0 Å². The van der Waals surface area contributed by atoms with Crippen LogP contribution >= 0.6 is 22.9 Å². The van der Waals surface area contributed by atoms with E-state index < -0.39 is 0 Å². The van der Waals surface area contributed by atoms with E-state index >= 15 is 0 Å². The Bertz CT molecular complexity index is 1170. The fraction of sp³-hybridized carbons (Fsp3) is 0.130. The summed E-state index contributed by atoms with van der Waals surface area (Å²) in [5, 5.41) is 9.67. The van der Waals surface area contributed by atoms with Crippen LogP contribution in [0.3, 0.4) is 0 Å². The number of benzene rings is 2. The summed E-state index contributed by atoms with van der Waals surface area (Å²) < 4.78 is 7.45. The molecule has 0 aliphatic carbocycles. The van der Waals surface area contributed by atoms with Crippen LogP contribution in [0.15, 0.2) is 66.2 Å². The number of carbonyl (C=O) groups excluding carboxylic acids is 1. The molecule has 4 aromatic rings. The van der Waals surface area contributed by atoms with Gasteiger partial charge in [0.2, 0.25) is 0 Å². The van der Waals surface area contributed by atoms with Crippen molar-refractivity contribution in [2.75, 3.05) is 18.5 Å². The number of aromatic nitrogens is 2. The molecule has 0 unspecified atom stereocenters. The van der Waals surface area contributed by atoms with E-state index in [1.54, 1.807) is 41.4 Å². The van der Waals surface area contributed by atoms with Crippen LogP contribution in [-0.2, 0) is 7.05 Å². The van der Waals surface area contributed by atoms with Gasteiger partial charge in [-0.1, -0.05) is 29.8 Å². The predicted octanol–water partition coefficient (Wildman–Crippen LogP) is 5.06. The van der Waals surface area contributed by atoms with E-state index in [1.165, 1.54) is 0 Å². The molecule has 0 bridgehead atoms. The summed E-state index contributed by atoms with van der Waals surface area (Å²) >= 11 is 8.01. The van der Waals surface area contributed by atoms with E-state index in [0.717, 1.165) is 16.0 Å². The molecule has 31 heavy (non-hydrogen) atoms. The summed E-state index contributed by atoms with van der Waals surface area (Å²) in [6.07, 6.45) is 1.57. The Labute approximate surface area is 189 Å². The Kier molecular flexibility index (Phi) is 6.36. The van der Waals surface area contributed by atoms with E-state index in [0.29, 0.717) is 40.9 Å². The molecule has 1 amide bonds. The van der Waals surface area contributed by atoms with Gasteiger partial charge in [-0.2, -0.15) is 5.10 Å². The quantitative estimate of drug-likeness (QED) is 0.410. The molecule has 0 spiro atoms. The largest absolute Gasteiger partial charge is 0.492 e. The van der Waals surface area contributed by atoms with Gasteiger partial charge in [0.15, 0.2) is 0 Å². The zero-order valence-electron chi connectivity index (χ0n) is 16.8. The van der Waals surface area contributed by atoms with Gasteiger partial charge >= 0.3 is 0 Å². The maximum atomic E-state index is 12.8. The van der Waals surface area contributed by atoms with E-state index in [2.05, 4.69) is 16.5 Å². The second-order valence-corrected chi connectivity index (χ2v) is 8.18. The van der Waals surface area contributed by atoms with Crippen molar-refractivity contribution in [2.45, 2.75) is 0 Å². The van der Waals surface area contributed by atoms with Crippen molar-refractivity contribution in [3.8, 4) is 27.4 Å². The lowest BCUT2D eigenvalue weighted by Gasteiger charge is -2.14. The number of carbonyl (C=O) groups is 1. The molecule has 4 rings (SSSR count). The van der Waals surface area contributed by atoms with Crippen LogP contribution in [0.5, 0.6) is 5.75 Å². The number of nitrogens with two attached hydrogens (primary N) is 1. The van der Waals surface area contributed by atoms with Crippen molar-refractivity contribution >= 4 is 34.5 Å². The summed E-state index contributed by atoms with van der Waals surface area (Å²) in [5.74, 6) is 0.421. The Morgan fingerprint density at radius 1 is 1.23 bits per heavy atom. The molecule has 2 aromatic heterocycles. The molecule has 158 valence electrons. The van der Waals surface area contributed by atoms with Gasteiger partial charge < -0.3 is 15.8 Å². The number of hydrogen-bond acceptors (Lipinski definition) is 5. The van der Waals surface area contributed by atoms with E-state index in [9.17, 15) is 4.79 Å². The average molecular weight is 453 g/mol. The highest BCUT2D eigenvalue weighted by Crippen LogP contribution is 2.36. The number of rotatable bonds is 7. The summed E-state index contributed by atoms with van der Waals surface area (Å²) in [4.78, 5) is 14.0. The highest BCUT2D eigenvalue weighted by atomic mass is 35.5. The van der Waals surface area contributed by atoms with Crippen molar-refractivity contribution in [3.05, 3.63) is 76.8 Å². The zero-order valence-corrected chi connectivity index (χ0v) is 18.4. The van der Waals surface area contributed by atoms with E-state index in [1.807, 2.05) is 41.8 Å². The van der Waals surface area contributed by atoms with Crippen molar-refractivity contribution in [3.63, 3.8) is 0 Å². The first-order valence-electron chi connectivity index (χ1n) is 9.67. The minimum absolute atomic E-state index is 0.199. The van der Waals surface area contributed by atoms with Crippen molar-refractivity contribution in [2.24, 2.45) is 12.8 Å². The predicted molar refractivity (Wildman–Crippen MR) is 126 cm³/mol. The van der Waals surface area contributed by atoms with Gasteiger partial charge in [0.1, 0.15) is 12.4 Å². The molecule has 0 fully saturated rings. The van der Waals surface area contributed by atoms with Crippen molar-refractivity contribution < 1.29 is 9.53 Å². The van der Waals surface area contributed by atoms with Crippen LogP contribution in [-0.4, -0.2) is 28.8 Å². The molecule has 3 N–H and O–H groups in total. The molecule has 0 atom stereocenters. The first-order chi connectivity index (χ1) is 15.1. The normalized spacial score (nSPS) is 10.8. The minimum atomic E-state index is -0.199. The first kappa shape index (κ1) is 21.1. The van der Waals surface area contributed by atoms with Crippen LogP contribution in [0.2, 0.25) is 5.02 Å². The fourth-order valence-corrected chi connectivity index (χ4v) is 4.23. The second-order valence-electron chi connectivity index (χ2n) is 6.82. The van der Waals surface area contributed by atoms with E-state index in [-0.39, 0.29) is 5.91 Å². The second kappa shape index (κ2) is 9.34. The van der Waals surface area contributed by atoms with E-state index in [4.69, 9.17) is 22.1 Å². The lowest BCUT2D eigenvalue weighted by atomic mass is 10.1. The van der Waals surface area contributed by atoms with Gasteiger partial charge in [-0.15, -0.1) is 11.3 Å². The van der Waals surface area contributed by atoms with Gasteiger partial charge in [-0.3, -0.25) is 9.48 Å². The third-order valence-corrected chi connectivity index (χ3v) is 5.91. The number of ether oxygens (including phenoxy) is 1. The lowest BCUT2D eigenvalue weighted by Crippen LogP contribution is -2.13. The molecule has 0 saturated heterocycles. The smallest absolute Gasteiger partial charge is 0.255 e. The van der Waals surface area contributed by atoms with Crippen molar-refractivity contribution in [1.82, 2.24) is 9.78 Å².